The standard InChI is InChI=1S/C14H17ClO3/c1-14(17)8-12(18-13(16)9-14)7-4-10-2-5-11(15)6-3-10/h2-3,5-6,12,17H,4,7-9H2,1H3. The number of hydrogen-bond donors (Lipinski definition) is 1. The van der Waals surface area contributed by atoms with Gasteiger partial charge in [0.05, 0.1) is 12.0 Å². The van der Waals surface area contributed by atoms with Gasteiger partial charge in [-0.25, -0.2) is 0 Å². The van der Waals surface area contributed by atoms with Crippen molar-refractivity contribution < 1.29 is 14.6 Å². The molecule has 2 atom stereocenters. The zero-order chi connectivity index (χ0) is 13.2. The summed E-state index contributed by atoms with van der Waals surface area (Å²) in [6, 6.07) is 7.62. The highest BCUT2D eigenvalue weighted by Gasteiger charge is 2.35. The molecule has 2 rings (SSSR count). The smallest absolute Gasteiger partial charge is 0.308 e. The van der Waals surface area contributed by atoms with E-state index in [0.717, 1.165) is 18.4 Å². The Hall–Kier alpha value is -1.06. The largest absolute Gasteiger partial charge is 0.462 e. The number of hydrogen-bond acceptors (Lipinski definition) is 3. The number of aliphatic hydroxyl groups is 1. The van der Waals surface area contributed by atoms with Gasteiger partial charge in [0.25, 0.3) is 0 Å². The highest BCUT2D eigenvalue weighted by molar-refractivity contribution is 6.30. The first-order chi connectivity index (χ1) is 8.44. The predicted octanol–water partition coefficient (Wildman–Crippen LogP) is 2.73. The number of rotatable bonds is 3. The summed E-state index contributed by atoms with van der Waals surface area (Å²) in [6.45, 7) is 1.68. The van der Waals surface area contributed by atoms with Crippen LogP contribution in [-0.4, -0.2) is 22.8 Å². The summed E-state index contributed by atoms with van der Waals surface area (Å²) in [5.74, 6) is -0.313. The summed E-state index contributed by atoms with van der Waals surface area (Å²) in [5, 5.41) is 10.6. The van der Waals surface area contributed by atoms with E-state index in [2.05, 4.69) is 0 Å². The highest BCUT2D eigenvalue weighted by atomic mass is 35.5. The Morgan fingerprint density at radius 1 is 1.44 bits per heavy atom. The molecule has 98 valence electrons. The van der Waals surface area contributed by atoms with E-state index in [1.807, 2.05) is 24.3 Å². The summed E-state index contributed by atoms with van der Waals surface area (Å²) < 4.78 is 5.24. The van der Waals surface area contributed by atoms with E-state index >= 15 is 0 Å². The highest BCUT2D eigenvalue weighted by Crippen LogP contribution is 2.27. The fourth-order valence-corrected chi connectivity index (χ4v) is 2.41. The Morgan fingerprint density at radius 3 is 2.72 bits per heavy atom. The van der Waals surface area contributed by atoms with Gasteiger partial charge in [-0.15, -0.1) is 0 Å². The van der Waals surface area contributed by atoms with Crippen LogP contribution < -0.4 is 0 Å². The lowest BCUT2D eigenvalue weighted by atomic mass is 9.89. The summed E-state index contributed by atoms with van der Waals surface area (Å²) in [6.07, 6.45) is 1.93. The van der Waals surface area contributed by atoms with Crippen molar-refractivity contribution in [3.8, 4) is 0 Å². The molecule has 0 radical (unpaired) electrons. The molecule has 1 fully saturated rings. The van der Waals surface area contributed by atoms with Gasteiger partial charge in [-0.3, -0.25) is 4.79 Å². The summed E-state index contributed by atoms with van der Waals surface area (Å²) in [4.78, 5) is 11.3. The molecule has 3 nitrogen and oxygen atoms in total. The number of carbonyl (C=O) groups excluding carboxylic acids is 1. The van der Waals surface area contributed by atoms with Gasteiger partial charge >= 0.3 is 5.97 Å². The lowest BCUT2D eigenvalue weighted by Crippen LogP contribution is -2.41. The van der Waals surface area contributed by atoms with Gasteiger partial charge in [-0.05, 0) is 37.5 Å². The number of halogens is 1. The van der Waals surface area contributed by atoms with E-state index < -0.39 is 5.60 Å². The quantitative estimate of drug-likeness (QED) is 0.858. The first-order valence-electron chi connectivity index (χ1n) is 6.11. The van der Waals surface area contributed by atoms with E-state index in [0.29, 0.717) is 11.4 Å². The van der Waals surface area contributed by atoms with Crippen molar-refractivity contribution in [3.05, 3.63) is 34.9 Å². The number of aryl methyl sites for hydroxylation is 1. The molecule has 2 unspecified atom stereocenters. The fraction of sp³-hybridized carbons (Fsp3) is 0.500. The minimum atomic E-state index is -0.931. The predicted molar refractivity (Wildman–Crippen MR) is 69.5 cm³/mol. The number of cyclic esters (lactones) is 1. The molecule has 0 aromatic heterocycles. The number of carbonyl (C=O) groups is 1. The zero-order valence-electron chi connectivity index (χ0n) is 10.4. The van der Waals surface area contributed by atoms with Gasteiger partial charge in [-0.1, -0.05) is 23.7 Å². The summed E-state index contributed by atoms with van der Waals surface area (Å²) in [7, 11) is 0. The maximum atomic E-state index is 11.3. The first kappa shape index (κ1) is 13.4. The number of ether oxygens (including phenoxy) is 1. The second-order valence-corrected chi connectivity index (χ2v) is 5.59. The fourth-order valence-electron chi connectivity index (χ4n) is 2.28. The van der Waals surface area contributed by atoms with Crippen molar-refractivity contribution in [2.45, 2.75) is 44.3 Å². The molecule has 1 heterocycles. The van der Waals surface area contributed by atoms with Crippen molar-refractivity contribution in [2.75, 3.05) is 0 Å². The Balaban J connectivity index is 1.90. The summed E-state index contributed by atoms with van der Waals surface area (Å²) >= 11 is 5.81. The molecule has 1 aromatic rings. The minimum Gasteiger partial charge on any atom is -0.462 e. The van der Waals surface area contributed by atoms with Crippen LogP contribution in [0.5, 0.6) is 0 Å². The zero-order valence-corrected chi connectivity index (χ0v) is 11.1. The van der Waals surface area contributed by atoms with E-state index in [4.69, 9.17) is 16.3 Å². The van der Waals surface area contributed by atoms with E-state index in [1.54, 1.807) is 6.92 Å². The molecular formula is C14H17ClO3. The SMILES string of the molecule is CC1(O)CC(=O)OC(CCc2ccc(Cl)cc2)C1. The number of benzene rings is 1. The van der Waals surface area contributed by atoms with Crippen LogP contribution in [-0.2, 0) is 16.0 Å². The molecule has 18 heavy (non-hydrogen) atoms. The molecule has 0 spiro atoms. The van der Waals surface area contributed by atoms with Crippen molar-refractivity contribution in [2.24, 2.45) is 0 Å². The Morgan fingerprint density at radius 2 is 2.11 bits per heavy atom. The third-order valence-corrected chi connectivity index (χ3v) is 3.41. The summed E-state index contributed by atoms with van der Waals surface area (Å²) in [5.41, 5.74) is 0.223. The topological polar surface area (TPSA) is 46.5 Å². The minimum absolute atomic E-state index is 0.0877. The van der Waals surface area contributed by atoms with Gasteiger partial charge in [0.2, 0.25) is 0 Å². The van der Waals surface area contributed by atoms with Gasteiger partial charge < -0.3 is 9.84 Å². The Labute approximate surface area is 112 Å². The van der Waals surface area contributed by atoms with Crippen molar-refractivity contribution in [1.29, 1.82) is 0 Å². The first-order valence-corrected chi connectivity index (χ1v) is 6.49. The lowest BCUT2D eigenvalue weighted by Gasteiger charge is -2.33. The van der Waals surface area contributed by atoms with Crippen LogP contribution in [0.4, 0.5) is 0 Å². The molecule has 1 aromatic carbocycles. The lowest BCUT2D eigenvalue weighted by molar-refractivity contribution is -0.168. The monoisotopic (exact) mass is 268 g/mol. The molecule has 1 saturated heterocycles. The molecule has 1 N–H and O–H groups in total. The third kappa shape index (κ3) is 3.72. The average molecular weight is 269 g/mol. The second kappa shape index (κ2) is 5.29. The van der Waals surface area contributed by atoms with Crippen LogP contribution in [0.2, 0.25) is 5.02 Å². The van der Waals surface area contributed by atoms with Crippen LogP contribution in [0.25, 0.3) is 0 Å². The Kier molecular flexibility index (Phi) is 3.93. The average Bonchev–Trinajstić information content (AvgIpc) is 2.25. The van der Waals surface area contributed by atoms with Crippen LogP contribution in [0, 0.1) is 0 Å². The van der Waals surface area contributed by atoms with Crippen LogP contribution in [0.15, 0.2) is 24.3 Å². The molecule has 1 aliphatic rings. The van der Waals surface area contributed by atoms with Gasteiger partial charge in [0.15, 0.2) is 0 Å². The van der Waals surface area contributed by atoms with Crippen molar-refractivity contribution >= 4 is 17.6 Å². The van der Waals surface area contributed by atoms with E-state index in [-0.39, 0.29) is 18.5 Å². The maximum Gasteiger partial charge on any atom is 0.308 e. The maximum absolute atomic E-state index is 11.3. The van der Waals surface area contributed by atoms with Gasteiger partial charge in [0.1, 0.15) is 6.10 Å². The molecule has 0 saturated carbocycles. The molecule has 0 amide bonds. The second-order valence-electron chi connectivity index (χ2n) is 5.15. The molecule has 1 aliphatic heterocycles. The van der Waals surface area contributed by atoms with Gasteiger partial charge in [-0.2, -0.15) is 0 Å². The molecular weight excluding hydrogens is 252 g/mol. The van der Waals surface area contributed by atoms with Gasteiger partial charge in [0, 0.05) is 11.4 Å². The van der Waals surface area contributed by atoms with Crippen molar-refractivity contribution in [3.63, 3.8) is 0 Å². The molecule has 0 bridgehead atoms. The van der Waals surface area contributed by atoms with Crippen LogP contribution >= 0.6 is 11.6 Å². The normalized spacial score (nSPS) is 27.9. The van der Waals surface area contributed by atoms with E-state index in [1.165, 1.54) is 0 Å². The van der Waals surface area contributed by atoms with Crippen LogP contribution in [0.3, 0.4) is 0 Å². The van der Waals surface area contributed by atoms with E-state index in [9.17, 15) is 9.90 Å². The molecule has 4 heteroatoms. The van der Waals surface area contributed by atoms with Crippen molar-refractivity contribution in [1.82, 2.24) is 0 Å². The number of esters is 1. The van der Waals surface area contributed by atoms with Crippen LogP contribution in [0.1, 0.15) is 31.7 Å². The molecule has 0 aliphatic carbocycles. The third-order valence-electron chi connectivity index (χ3n) is 3.16. The Bertz CT molecular complexity index is 425.